The van der Waals surface area contributed by atoms with Crippen LogP contribution in [0.25, 0.3) is 0 Å². The molecule has 0 saturated carbocycles. The molecular formula is C24H29N3O4S. The van der Waals surface area contributed by atoms with Gasteiger partial charge in [-0.3, -0.25) is 14.4 Å². The average molecular weight is 456 g/mol. The fourth-order valence-corrected chi connectivity index (χ4v) is 4.07. The zero-order valence-electron chi connectivity index (χ0n) is 18.4. The van der Waals surface area contributed by atoms with Crippen LogP contribution in [0.4, 0.5) is 5.69 Å². The zero-order valence-corrected chi connectivity index (χ0v) is 19.2. The number of benzene rings is 2. The maximum atomic E-state index is 12.8. The molecule has 1 heterocycles. The molecule has 1 atom stereocenters. The number of carbonyl (C=O) groups is 3. The van der Waals surface area contributed by atoms with Crippen LogP contribution >= 0.6 is 11.8 Å². The van der Waals surface area contributed by atoms with Crippen molar-refractivity contribution < 1.29 is 19.1 Å². The number of ether oxygens (including phenoxy) is 1. The van der Waals surface area contributed by atoms with Crippen LogP contribution in [0.1, 0.15) is 35.2 Å². The van der Waals surface area contributed by atoms with E-state index in [1.165, 1.54) is 7.11 Å². The van der Waals surface area contributed by atoms with Gasteiger partial charge in [0.15, 0.2) is 0 Å². The topological polar surface area (TPSA) is 87.7 Å². The lowest BCUT2D eigenvalue weighted by Gasteiger charge is -2.19. The molecule has 2 N–H and O–H groups in total. The molecule has 2 aromatic carbocycles. The van der Waals surface area contributed by atoms with Gasteiger partial charge in [0, 0.05) is 25.2 Å². The van der Waals surface area contributed by atoms with Crippen LogP contribution in [0.3, 0.4) is 0 Å². The van der Waals surface area contributed by atoms with Gasteiger partial charge >= 0.3 is 0 Å². The van der Waals surface area contributed by atoms with Crippen LogP contribution in [0.2, 0.25) is 0 Å². The maximum Gasteiger partial charge on any atom is 0.255 e. The fraction of sp³-hybridized carbons (Fsp3) is 0.375. The van der Waals surface area contributed by atoms with Crippen molar-refractivity contribution in [3.63, 3.8) is 0 Å². The number of hydrogen-bond donors (Lipinski definition) is 2. The second-order valence-electron chi connectivity index (χ2n) is 7.54. The number of amides is 3. The molecule has 3 amide bonds. The molecule has 2 aromatic rings. The third kappa shape index (κ3) is 6.03. The summed E-state index contributed by atoms with van der Waals surface area (Å²) < 4.78 is 5.26. The Balaban J connectivity index is 1.60. The third-order valence-corrected chi connectivity index (χ3v) is 6.02. The maximum absolute atomic E-state index is 12.8. The van der Waals surface area contributed by atoms with E-state index in [-0.39, 0.29) is 17.7 Å². The van der Waals surface area contributed by atoms with E-state index in [9.17, 15) is 14.4 Å². The minimum absolute atomic E-state index is 0.147. The van der Waals surface area contributed by atoms with Crippen molar-refractivity contribution in [2.24, 2.45) is 0 Å². The first-order valence-corrected chi connectivity index (χ1v) is 12.0. The highest BCUT2D eigenvalue weighted by molar-refractivity contribution is 7.98. The number of para-hydroxylation sites is 1. The van der Waals surface area contributed by atoms with Crippen molar-refractivity contribution in [2.75, 3.05) is 30.6 Å². The minimum atomic E-state index is -0.652. The molecule has 0 bridgehead atoms. The van der Waals surface area contributed by atoms with Gasteiger partial charge in [-0.15, -0.1) is 0 Å². The van der Waals surface area contributed by atoms with Gasteiger partial charge in [-0.1, -0.05) is 24.3 Å². The Hall–Kier alpha value is -3.00. The minimum Gasteiger partial charge on any atom is -0.496 e. The Morgan fingerprint density at radius 2 is 1.91 bits per heavy atom. The SMILES string of the molecule is COc1ccccc1C(=O)N[C@H](CCSC)C(=O)NCc1ccc(N2CCCC2=O)cc1. The van der Waals surface area contributed by atoms with Gasteiger partial charge in [0.2, 0.25) is 11.8 Å². The smallest absolute Gasteiger partial charge is 0.255 e. The zero-order chi connectivity index (χ0) is 22.9. The summed E-state index contributed by atoms with van der Waals surface area (Å²) in [5, 5.41) is 5.76. The Kier molecular flexibility index (Phi) is 8.56. The molecule has 32 heavy (non-hydrogen) atoms. The number of methoxy groups -OCH3 is 1. The highest BCUT2D eigenvalue weighted by atomic mass is 32.2. The largest absolute Gasteiger partial charge is 0.496 e. The molecule has 0 aliphatic carbocycles. The highest BCUT2D eigenvalue weighted by Gasteiger charge is 2.23. The number of carbonyl (C=O) groups excluding carboxylic acids is 3. The number of nitrogens with zero attached hydrogens (tertiary/aromatic N) is 1. The molecule has 170 valence electrons. The predicted octanol–water partition coefficient (Wildman–Crippen LogP) is 2.99. The van der Waals surface area contributed by atoms with Gasteiger partial charge < -0.3 is 20.3 Å². The van der Waals surface area contributed by atoms with Crippen LogP contribution in [0.15, 0.2) is 48.5 Å². The number of hydrogen-bond acceptors (Lipinski definition) is 5. The van der Waals surface area contributed by atoms with Gasteiger partial charge in [-0.25, -0.2) is 0 Å². The molecule has 1 aliphatic rings. The molecule has 8 heteroatoms. The van der Waals surface area contributed by atoms with Crippen LogP contribution in [-0.2, 0) is 16.1 Å². The summed E-state index contributed by atoms with van der Waals surface area (Å²) in [4.78, 5) is 39.3. The van der Waals surface area contributed by atoms with E-state index in [4.69, 9.17) is 4.74 Å². The summed E-state index contributed by atoms with van der Waals surface area (Å²) >= 11 is 1.62. The summed E-state index contributed by atoms with van der Waals surface area (Å²) in [5.74, 6) is 0.770. The predicted molar refractivity (Wildman–Crippen MR) is 127 cm³/mol. The lowest BCUT2D eigenvalue weighted by Crippen LogP contribution is -2.47. The van der Waals surface area contributed by atoms with E-state index in [0.29, 0.717) is 30.7 Å². The normalized spacial score (nSPS) is 14.2. The molecule has 0 radical (unpaired) electrons. The molecular weight excluding hydrogens is 426 g/mol. The molecule has 1 saturated heterocycles. The summed E-state index contributed by atoms with van der Waals surface area (Å²) in [6.45, 7) is 1.09. The van der Waals surface area contributed by atoms with Crippen molar-refractivity contribution in [3.8, 4) is 5.75 Å². The van der Waals surface area contributed by atoms with Gasteiger partial charge in [0.05, 0.1) is 12.7 Å². The average Bonchev–Trinajstić information content (AvgIpc) is 3.26. The fourth-order valence-electron chi connectivity index (χ4n) is 3.60. The van der Waals surface area contributed by atoms with E-state index < -0.39 is 6.04 Å². The number of anilines is 1. The molecule has 1 fully saturated rings. The molecule has 7 nitrogen and oxygen atoms in total. The molecule has 3 rings (SSSR count). The Morgan fingerprint density at radius 1 is 1.16 bits per heavy atom. The van der Waals surface area contributed by atoms with Crippen LogP contribution < -0.4 is 20.3 Å². The van der Waals surface area contributed by atoms with Crippen molar-refractivity contribution in [3.05, 3.63) is 59.7 Å². The quantitative estimate of drug-likeness (QED) is 0.575. The lowest BCUT2D eigenvalue weighted by atomic mass is 10.1. The molecule has 0 spiro atoms. The molecule has 0 aromatic heterocycles. The summed E-state index contributed by atoms with van der Waals surface area (Å²) in [6, 6.07) is 13.9. The van der Waals surface area contributed by atoms with E-state index in [0.717, 1.165) is 30.0 Å². The first-order chi connectivity index (χ1) is 15.5. The van der Waals surface area contributed by atoms with E-state index >= 15 is 0 Å². The lowest BCUT2D eigenvalue weighted by molar-refractivity contribution is -0.123. The Bertz CT molecular complexity index is 949. The van der Waals surface area contributed by atoms with Crippen molar-refractivity contribution >= 4 is 35.2 Å². The second kappa shape index (κ2) is 11.6. The van der Waals surface area contributed by atoms with Crippen LogP contribution in [0, 0.1) is 0 Å². The first kappa shape index (κ1) is 23.7. The second-order valence-corrected chi connectivity index (χ2v) is 8.53. The van der Waals surface area contributed by atoms with E-state index in [2.05, 4.69) is 10.6 Å². The van der Waals surface area contributed by atoms with Gasteiger partial charge in [-0.2, -0.15) is 11.8 Å². The van der Waals surface area contributed by atoms with Crippen LogP contribution in [-0.4, -0.2) is 49.4 Å². The highest BCUT2D eigenvalue weighted by Crippen LogP contribution is 2.21. The van der Waals surface area contributed by atoms with E-state index in [1.807, 2.05) is 30.5 Å². The number of thioether (sulfide) groups is 1. The van der Waals surface area contributed by atoms with E-state index in [1.54, 1.807) is 40.9 Å². The monoisotopic (exact) mass is 455 g/mol. The van der Waals surface area contributed by atoms with Crippen LogP contribution in [0.5, 0.6) is 5.75 Å². The molecule has 1 aliphatic heterocycles. The van der Waals surface area contributed by atoms with Crippen molar-refractivity contribution in [1.82, 2.24) is 10.6 Å². The van der Waals surface area contributed by atoms with Gasteiger partial charge in [0.25, 0.3) is 5.91 Å². The van der Waals surface area contributed by atoms with Gasteiger partial charge in [-0.05, 0) is 54.7 Å². The Morgan fingerprint density at radius 3 is 2.56 bits per heavy atom. The standard InChI is InChI=1S/C24H29N3O4S/c1-31-21-7-4-3-6-19(21)23(29)26-20(13-15-32-2)24(30)25-16-17-9-11-18(12-10-17)27-14-5-8-22(27)28/h3-4,6-7,9-12,20H,5,8,13-16H2,1-2H3,(H,25,30)(H,26,29)/t20-/m1/s1. The summed E-state index contributed by atoms with van der Waals surface area (Å²) in [5.41, 5.74) is 2.20. The summed E-state index contributed by atoms with van der Waals surface area (Å²) in [7, 11) is 1.51. The molecule has 0 unspecified atom stereocenters. The third-order valence-electron chi connectivity index (χ3n) is 5.37. The van der Waals surface area contributed by atoms with Gasteiger partial charge in [0.1, 0.15) is 11.8 Å². The number of rotatable bonds is 10. The number of nitrogens with one attached hydrogen (secondary N) is 2. The summed E-state index contributed by atoms with van der Waals surface area (Å²) in [6.07, 6.45) is 3.96. The first-order valence-electron chi connectivity index (χ1n) is 10.6. The van der Waals surface area contributed by atoms with Crippen molar-refractivity contribution in [1.29, 1.82) is 0 Å². The Labute approximate surface area is 192 Å². The van der Waals surface area contributed by atoms with Crippen molar-refractivity contribution in [2.45, 2.75) is 31.8 Å².